The van der Waals surface area contributed by atoms with Gasteiger partial charge in [-0.1, -0.05) is 0 Å². The van der Waals surface area contributed by atoms with Crippen LogP contribution in [-0.2, 0) is 6.18 Å². The first-order valence-electron chi connectivity index (χ1n) is 4.90. The van der Waals surface area contributed by atoms with Crippen molar-refractivity contribution in [2.45, 2.75) is 6.18 Å². The fraction of sp³-hybridized carbons (Fsp3) is 0.0909. The maximum absolute atomic E-state index is 13.2. The minimum Gasteiger partial charge on any atom is -0.306 e. The number of nitrogens with zero attached hydrogens (tertiary/aromatic N) is 1. The summed E-state index contributed by atoms with van der Waals surface area (Å²) in [6.07, 6.45) is -3.47. The van der Waals surface area contributed by atoms with Crippen molar-refractivity contribution in [2.24, 2.45) is 0 Å². The van der Waals surface area contributed by atoms with Crippen molar-refractivity contribution >= 4 is 22.6 Å². The molecule has 1 aromatic carbocycles. The number of alkyl halides is 3. The van der Waals surface area contributed by atoms with Crippen LogP contribution < -0.4 is 5.56 Å². The predicted molar refractivity (Wildman–Crippen MR) is 68.0 cm³/mol. The molecule has 0 spiro atoms. The predicted octanol–water partition coefficient (Wildman–Crippen LogP) is 3.20. The number of aromatic nitrogens is 2. The summed E-state index contributed by atoms with van der Waals surface area (Å²) in [6, 6.07) is 1.99. The number of halogens is 5. The van der Waals surface area contributed by atoms with E-state index in [4.69, 9.17) is 0 Å². The molecule has 0 aliphatic heterocycles. The highest BCUT2D eigenvalue weighted by molar-refractivity contribution is 14.1. The third kappa shape index (κ3) is 3.11. The van der Waals surface area contributed by atoms with Gasteiger partial charge in [0.25, 0.3) is 5.56 Å². The zero-order chi connectivity index (χ0) is 14.2. The molecule has 0 saturated heterocycles. The summed E-state index contributed by atoms with van der Waals surface area (Å²) in [6.45, 7) is 0. The van der Waals surface area contributed by atoms with Crippen LogP contribution in [0.5, 0.6) is 0 Å². The summed E-state index contributed by atoms with van der Waals surface area (Å²) in [5, 5.41) is 0. The SMILES string of the molecule is O=c1[nH]c(-c2cc(F)cc(C(F)(F)F)c2)ncc1I. The highest BCUT2D eigenvalue weighted by Gasteiger charge is 2.31. The molecule has 0 bridgehead atoms. The highest BCUT2D eigenvalue weighted by atomic mass is 127. The molecule has 0 saturated carbocycles. The normalized spacial score (nSPS) is 11.6. The largest absolute Gasteiger partial charge is 0.416 e. The van der Waals surface area contributed by atoms with Gasteiger partial charge in [-0.2, -0.15) is 13.2 Å². The maximum atomic E-state index is 13.2. The van der Waals surface area contributed by atoms with Crippen LogP contribution in [0.25, 0.3) is 11.4 Å². The summed E-state index contributed by atoms with van der Waals surface area (Å²) < 4.78 is 51.1. The Morgan fingerprint density at radius 3 is 2.47 bits per heavy atom. The minimum absolute atomic E-state index is 0.115. The molecule has 2 aromatic rings. The van der Waals surface area contributed by atoms with E-state index >= 15 is 0 Å². The third-order valence-electron chi connectivity index (χ3n) is 2.25. The van der Waals surface area contributed by atoms with Crippen LogP contribution in [0.2, 0.25) is 0 Å². The molecule has 100 valence electrons. The Labute approximate surface area is 117 Å². The van der Waals surface area contributed by atoms with Gasteiger partial charge in [0.05, 0.1) is 9.13 Å². The third-order valence-corrected chi connectivity index (χ3v) is 3.02. The van der Waals surface area contributed by atoms with E-state index in [0.717, 1.165) is 12.1 Å². The standard InChI is InChI=1S/C11H5F4IN2O/c12-7-2-5(1-6(3-7)11(13,14)15)9-17-4-8(16)10(19)18-9/h1-4H,(H,17,18,19). The summed E-state index contributed by atoms with van der Waals surface area (Å²) >= 11 is 1.73. The Morgan fingerprint density at radius 1 is 1.21 bits per heavy atom. The fourth-order valence-corrected chi connectivity index (χ4v) is 1.69. The first-order valence-corrected chi connectivity index (χ1v) is 5.98. The van der Waals surface area contributed by atoms with Gasteiger partial charge in [0.15, 0.2) is 0 Å². The molecule has 19 heavy (non-hydrogen) atoms. The van der Waals surface area contributed by atoms with E-state index in [1.54, 1.807) is 22.6 Å². The molecule has 1 N–H and O–H groups in total. The molecule has 0 fully saturated rings. The summed E-state index contributed by atoms with van der Waals surface area (Å²) in [5.74, 6) is -1.17. The highest BCUT2D eigenvalue weighted by Crippen LogP contribution is 2.32. The van der Waals surface area contributed by atoms with E-state index in [0.29, 0.717) is 6.07 Å². The van der Waals surface area contributed by atoms with Gasteiger partial charge in [0.1, 0.15) is 11.6 Å². The van der Waals surface area contributed by atoms with Crippen LogP contribution in [0.15, 0.2) is 29.2 Å². The fourth-order valence-electron chi connectivity index (χ4n) is 1.42. The van der Waals surface area contributed by atoms with Crippen molar-refractivity contribution in [1.29, 1.82) is 0 Å². The van der Waals surface area contributed by atoms with Crippen LogP contribution in [0.3, 0.4) is 0 Å². The molecule has 0 aliphatic carbocycles. The zero-order valence-corrected chi connectivity index (χ0v) is 11.2. The number of aromatic amines is 1. The summed E-state index contributed by atoms with van der Waals surface area (Å²) in [7, 11) is 0. The molecule has 1 heterocycles. The molecule has 0 amide bonds. The molecule has 0 radical (unpaired) electrons. The quantitative estimate of drug-likeness (QED) is 0.607. The minimum atomic E-state index is -4.67. The number of hydrogen-bond acceptors (Lipinski definition) is 2. The lowest BCUT2D eigenvalue weighted by Gasteiger charge is -2.09. The number of rotatable bonds is 1. The molecular weight excluding hydrogens is 379 g/mol. The Bertz CT molecular complexity index is 681. The molecule has 3 nitrogen and oxygen atoms in total. The molecule has 0 unspecified atom stereocenters. The Hall–Kier alpha value is -1.45. The van der Waals surface area contributed by atoms with Crippen molar-refractivity contribution in [1.82, 2.24) is 9.97 Å². The summed E-state index contributed by atoms with van der Waals surface area (Å²) in [4.78, 5) is 17.4. The van der Waals surface area contributed by atoms with E-state index in [9.17, 15) is 22.4 Å². The van der Waals surface area contributed by atoms with Gasteiger partial charge in [-0.15, -0.1) is 0 Å². The van der Waals surface area contributed by atoms with Crippen molar-refractivity contribution in [2.75, 3.05) is 0 Å². The van der Waals surface area contributed by atoms with Gasteiger partial charge in [0, 0.05) is 11.8 Å². The van der Waals surface area contributed by atoms with E-state index in [2.05, 4.69) is 9.97 Å². The van der Waals surface area contributed by atoms with Gasteiger partial charge >= 0.3 is 6.18 Å². The first kappa shape index (κ1) is 14.0. The van der Waals surface area contributed by atoms with Crippen LogP contribution in [0, 0.1) is 9.39 Å². The van der Waals surface area contributed by atoms with E-state index in [1.807, 2.05) is 0 Å². The van der Waals surface area contributed by atoms with Gasteiger partial charge < -0.3 is 4.98 Å². The number of nitrogens with one attached hydrogen (secondary N) is 1. The van der Waals surface area contributed by atoms with Crippen molar-refractivity contribution in [3.63, 3.8) is 0 Å². The first-order chi connectivity index (χ1) is 8.77. The summed E-state index contributed by atoms with van der Waals surface area (Å²) in [5.41, 5.74) is -1.77. The van der Waals surface area contributed by atoms with Crippen LogP contribution in [0.1, 0.15) is 5.56 Å². The smallest absolute Gasteiger partial charge is 0.306 e. The van der Waals surface area contributed by atoms with Crippen molar-refractivity contribution in [3.05, 3.63) is 49.7 Å². The number of benzene rings is 1. The Morgan fingerprint density at radius 2 is 1.89 bits per heavy atom. The maximum Gasteiger partial charge on any atom is 0.416 e. The molecule has 0 atom stereocenters. The van der Waals surface area contributed by atoms with Crippen LogP contribution >= 0.6 is 22.6 Å². The monoisotopic (exact) mass is 384 g/mol. The second-order valence-corrected chi connectivity index (χ2v) is 4.80. The van der Waals surface area contributed by atoms with Crippen molar-refractivity contribution in [3.8, 4) is 11.4 Å². The number of hydrogen-bond donors (Lipinski definition) is 1. The van der Waals surface area contributed by atoms with Crippen molar-refractivity contribution < 1.29 is 17.6 Å². The lowest BCUT2D eigenvalue weighted by atomic mass is 10.1. The lowest BCUT2D eigenvalue weighted by molar-refractivity contribution is -0.137. The average molecular weight is 384 g/mol. The van der Waals surface area contributed by atoms with Gasteiger partial charge in [-0.05, 0) is 40.8 Å². The van der Waals surface area contributed by atoms with Gasteiger partial charge in [-0.3, -0.25) is 4.79 Å². The van der Waals surface area contributed by atoms with Crippen LogP contribution in [0.4, 0.5) is 17.6 Å². The second-order valence-electron chi connectivity index (χ2n) is 3.64. The molecule has 8 heteroatoms. The second kappa shape index (κ2) is 4.91. The van der Waals surface area contributed by atoms with Gasteiger partial charge in [0.2, 0.25) is 0 Å². The zero-order valence-electron chi connectivity index (χ0n) is 9.05. The Balaban J connectivity index is 2.59. The van der Waals surface area contributed by atoms with Gasteiger partial charge in [-0.25, -0.2) is 9.37 Å². The molecule has 2 rings (SSSR count). The molecule has 0 aliphatic rings. The van der Waals surface area contributed by atoms with Crippen LogP contribution in [-0.4, -0.2) is 9.97 Å². The van der Waals surface area contributed by atoms with E-state index in [1.165, 1.54) is 6.20 Å². The lowest BCUT2D eigenvalue weighted by Crippen LogP contribution is -2.12. The number of H-pyrrole nitrogens is 1. The topological polar surface area (TPSA) is 45.8 Å². The molecule has 1 aromatic heterocycles. The molecular formula is C11H5F4IN2O. The van der Waals surface area contributed by atoms with E-state index in [-0.39, 0.29) is 15.0 Å². The van der Waals surface area contributed by atoms with E-state index < -0.39 is 23.1 Å². The average Bonchev–Trinajstić information content (AvgIpc) is 2.31. The Kier molecular flexibility index (Phi) is 3.61.